The Labute approximate surface area is 109 Å². The Morgan fingerprint density at radius 3 is 2.11 bits per heavy atom. The molecule has 0 radical (unpaired) electrons. The summed E-state index contributed by atoms with van der Waals surface area (Å²) in [7, 11) is -3.08. The van der Waals surface area contributed by atoms with E-state index < -0.39 is 7.60 Å². The number of aryl methyl sites for hydroxylation is 1. The highest BCUT2D eigenvalue weighted by Crippen LogP contribution is 2.50. The van der Waals surface area contributed by atoms with E-state index in [0.717, 1.165) is 5.56 Å². The molecule has 2 N–H and O–H groups in total. The lowest BCUT2D eigenvalue weighted by Crippen LogP contribution is -2.17. The van der Waals surface area contributed by atoms with Gasteiger partial charge in [-0.1, -0.05) is 29.8 Å². The highest BCUT2D eigenvalue weighted by Gasteiger charge is 2.27. The molecular formula is C13H22NO3P. The van der Waals surface area contributed by atoms with E-state index in [2.05, 4.69) is 0 Å². The van der Waals surface area contributed by atoms with Crippen LogP contribution in [0.25, 0.3) is 0 Å². The van der Waals surface area contributed by atoms with E-state index >= 15 is 0 Å². The van der Waals surface area contributed by atoms with Crippen LogP contribution in [0.4, 0.5) is 0 Å². The van der Waals surface area contributed by atoms with Gasteiger partial charge in [-0.2, -0.15) is 0 Å². The van der Waals surface area contributed by atoms with Gasteiger partial charge in [0.25, 0.3) is 0 Å². The maximum atomic E-state index is 12.3. The zero-order chi connectivity index (χ0) is 13.6. The summed E-state index contributed by atoms with van der Waals surface area (Å²) in [4.78, 5) is 0. The van der Waals surface area contributed by atoms with Gasteiger partial charge in [-0.05, 0) is 26.3 Å². The van der Waals surface area contributed by atoms with Gasteiger partial charge in [-0.3, -0.25) is 4.57 Å². The maximum Gasteiger partial charge on any atom is 0.332 e. The van der Waals surface area contributed by atoms with Gasteiger partial charge in [0, 0.05) is 6.04 Å². The van der Waals surface area contributed by atoms with Crippen LogP contribution in [0.1, 0.15) is 31.0 Å². The average molecular weight is 271 g/mol. The number of hydrogen-bond acceptors (Lipinski definition) is 4. The summed E-state index contributed by atoms with van der Waals surface area (Å²) in [5.74, 6) is 0. The van der Waals surface area contributed by atoms with Crippen molar-refractivity contribution in [2.45, 2.75) is 26.8 Å². The summed E-state index contributed by atoms with van der Waals surface area (Å²) >= 11 is 0. The number of benzene rings is 1. The molecule has 18 heavy (non-hydrogen) atoms. The highest BCUT2D eigenvalue weighted by atomic mass is 31.2. The predicted octanol–water partition coefficient (Wildman–Crippen LogP) is 3.26. The van der Waals surface area contributed by atoms with E-state index in [1.165, 1.54) is 5.56 Å². The van der Waals surface area contributed by atoms with E-state index in [-0.39, 0.29) is 12.2 Å². The molecular weight excluding hydrogens is 249 g/mol. The first kappa shape index (κ1) is 15.4. The van der Waals surface area contributed by atoms with Gasteiger partial charge >= 0.3 is 7.60 Å². The zero-order valence-electron chi connectivity index (χ0n) is 11.3. The molecule has 0 aliphatic rings. The largest absolute Gasteiger partial charge is 0.332 e. The Morgan fingerprint density at radius 1 is 1.17 bits per heavy atom. The molecule has 1 rings (SSSR count). The minimum absolute atomic E-state index is 0.206. The molecule has 0 fully saturated rings. The molecule has 0 aliphatic carbocycles. The van der Waals surface area contributed by atoms with Crippen LogP contribution in [-0.2, 0) is 13.6 Å². The SMILES string of the molecule is CCOP(=O)(CC(N)c1ccc(C)cc1)OCC. The van der Waals surface area contributed by atoms with E-state index in [1.54, 1.807) is 13.8 Å². The summed E-state index contributed by atoms with van der Waals surface area (Å²) in [6.07, 6.45) is 0.206. The van der Waals surface area contributed by atoms with Gasteiger partial charge in [0.1, 0.15) is 0 Å². The lowest BCUT2D eigenvalue weighted by Gasteiger charge is -2.21. The molecule has 1 unspecified atom stereocenters. The van der Waals surface area contributed by atoms with Crippen LogP contribution in [0, 0.1) is 6.92 Å². The fourth-order valence-electron chi connectivity index (χ4n) is 1.70. The van der Waals surface area contributed by atoms with Crippen molar-refractivity contribution in [1.82, 2.24) is 0 Å². The summed E-state index contributed by atoms with van der Waals surface area (Å²) in [6, 6.07) is 7.53. The van der Waals surface area contributed by atoms with Crippen LogP contribution in [0.2, 0.25) is 0 Å². The van der Waals surface area contributed by atoms with Crippen LogP contribution < -0.4 is 5.73 Å². The van der Waals surface area contributed by atoms with Crippen molar-refractivity contribution in [1.29, 1.82) is 0 Å². The van der Waals surface area contributed by atoms with Crippen LogP contribution in [0.3, 0.4) is 0 Å². The van der Waals surface area contributed by atoms with E-state index in [0.29, 0.717) is 13.2 Å². The third-order valence-corrected chi connectivity index (χ3v) is 4.72. The highest BCUT2D eigenvalue weighted by molar-refractivity contribution is 7.53. The number of nitrogens with two attached hydrogens (primary N) is 1. The Bertz CT molecular complexity index is 395. The zero-order valence-corrected chi connectivity index (χ0v) is 12.2. The fourth-order valence-corrected chi connectivity index (χ4v) is 3.46. The maximum absolute atomic E-state index is 12.3. The molecule has 0 spiro atoms. The molecule has 0 saturated heterocycles. The van der Waals surface area contributed by atoms with Crippen LogP contribution in [-0.4, -0.2) is 19.4 Å². The molecule has 4 nitrogen and oxygen atoms in total. The molecule has 1 atom stereocenters. The molecule has 0 bridgehead atoms. The van der Waals surface area contributed by atoms with Crippen LogP contribution >= 0.6 is 7.60 Å². The van der Waals surface area contributed by atoms with Crippen molar-refractivity contribution in [3.05, 3.63) is 35.4 Å². The van der Waals surface area contributed by atoms with Crippen molar-refractivity contribution in [3.63, 3.8) is 0 Å². The van der Waals surface area contributed by atoms with Crippen molar-refractivity contribution in [3.8, 4) is 0 Å². The molecule has 5 heteroatoms. The Kier molecular flexibility index (Phi) is 6.03. The lowest BCUT2D eigenvalue weighted by molar-refractivity contribution is 0.218. The summed E-state index contributed by atoms with van der Waals surface area (Å²) in [5, 5.41) is 0. The molecule has 102 valence electrons. The van der Waals surface area contributed by atoms with Crippen molar-refractivity contribution >= 4 is 7.60 Å². The van der Waals surface area contributed by atoms with Crippen molar-refractivity contribution < 1.29 is 13.6 Å². The molecule has 0 amide bonds. The third-order valence-electron chi connectivity index (χ3n) is 2.58. The molecule has 1 aromatic carbocycles. The lowest BCUT2D eigenvalue weighted by atomic mass is 10.1. The smallest absolute Gasteiger partial charge is 0.323 e. The Hall–Kier alpha value is -0.670. The molecule has 1 aromatic rings. The van der Waals surface area contributed by atoms with E-state index in [1.807, 2.05) is 31.2 Å². The minimum Gasteiger partial charge on any atom is -0.323 e. The quantitative estimate of drug-likeness (QED) is 0.773. The average Bonchev–Trinajstić information content (AvgIpc) is 2.30. The molecule has 0 heterocycles. The second-order valence-corrected chi connectivity index (χ2v) is 6.25. The van der Waals surface area contributed by atoms with Gasteiger partial charge in [-0.15, -0.1) is 0 Å². The first-order valence-electron chi connectivity index (χ1n) is 6.21. The Morgan fingerprint density at radius 2 is 1.67 bits per heavy atom. The minimum atomic E-state index is -3.08. The van der Waals surface area contributed by atoms with Crippen molar-refractivity contribution in [2.24, 2.45) is 5.73 Å². The topological polar surface area (TPSA) is 61.5 Å². The van der Waals surface area contributed by atoms with Crippen LogP contribution in [0.15, 0.2) is 24.3 Å². The van der Waals surface area contributed by atoms with E-state index in [9.17, 15) is 4.57 Å². The van der Waals surface area contributed by atoms with Gasteiger partial charge < -0.3 is 14.8 Å². The van der Waals surface area contributed by atoms with Gasteiger partial charge in [0.2, 0.25) is 0 Å². The van der Waals surface area contributed by atoms with Crippen LogP contribution in [0.5, 0.6) is 0 Å². The van der Waals surface area contributed by atoms with Crippen molar-refractivity contribution in [2.75, 3.05) is 19.4 Å². The van der Waals surface area contributed by atoms with E-state index in [4.69, 9.17) is 14.8 Å². The second-order valence-electron chi connectivity index (χ2n) is 4.15. The van der Waals surface area contributed by atoms with Gasteiger partial charge in [-0.25, -0.2) is 0 Å². The molecule has 0 aliphatic heterocycles. The second kappa shape index (κ2) is 7.05. The summed E-state index contributed by atoms with van der Waals surface area (Å²) < 4.78 is 22.8. The number of hydrogen-bond donors (Lipinski definition) is 1. The number of rotatable bonds is 7. The fraction of sp³-hybridized carbons (Fsp3) is 0.538. The normalized spacial score (nSPS) is 13.6. The Balaban J connectivity index is 2.74. The predicted molar refractivity (Wildman–Crippen MR) is 73.8 cm³/mol. The first-order chi connectivity index (χ1) is 8.50. The van der Waals surface area contributed by atoms with Gasteiger partial charge in [0.15, 0.2) is 0 Å². The molecule has 0 aromatic heterocycles. The summed E-state index contributed by atoms with van der Waals surface area (Å²) in [6.45, 7) is 6.32. The van der Waals surface area contributed by atoms with Gasteiger partial charge in [0.05, 0.1) is 19.4 Å². The summed E-state index contributed by atoms with van der Waals surface area (Å²) in [5.41, 5.74) is 8.17. The standard InChI is InChI=1S/C13H22NO3P/c1-4-16-18(15,17-5-2)10-13(14)12-8-6-11(3)7-9-12/h6-9,13H,4-5,10,14H2,1-3H3. The third kappa shape index (κ3) is 4.54. The molecule has 0 saturated carbocycles. The monoisotopic (exact) mass is 271 g/mol. The first-order valence-corrected chi connectivity index (χ1v) is 7.94.